The summed E-state index contributed by atoms with van der Waals surface area (Å²) in [5, 5.41) is 11.2. The van der Waals surface area contributed by atoms with Crippen LogP contribution in [0, 0.1) is 0 Å². The number of thiophene rings is 1. The van der Waals surface area contributed by atoms with Crippen molar-refractivity contribution < 1.29 is 5.11 Å². The van der Waals surface area contributed by atoms with E-state index in [9.17, 15) is 5.11 Å². The Morgan fingerprint density at radius 2 is 2.21 bits per heavy atom. The maximum absolute atomic E-state index is 9.21. The molecule has 0 unspecified atom stereocenters. The molecule has 3 heteroatoms. The van der Waals surface area contributed by atoms with E-state index in [0.29, 0.717) is 0 Å². The van der Waals surface area contributed by atoms with Crippen molar-refractivity contribution in [3.63, 3.8) is 0 Å². The highest BCUT2D eigenvalue weighted by molar-refractivity contribution is 7.20. The zero-order valence-electron chi connectivity index (χ0n) is 7.88. The minimum Gasteiger partial charge on any atom is -0.391 e. The van der Waals surface area contributed by atoms with E-state index >= 15 is 0 Å². The topological polar surface area (TPSA) is 20.2 Å². The van der Waals surface area contributed by atoms with Crippen LogP contribution >= 0.6 is 22.9 Å². The van der Waals surface area contributed by atoms with E-state index in [1.807, 2.05) is 12.1 Å². The van der Waals surface area contributed by atoms with Crippen LogP contribution < -0.4 is 0 Å². The number of aryl methyl sites for hydroxylation is 1. The van der Waals surface area contributed by atoms with E-state index < -0.39 is 0 Å². The van der Waals surface area contributed by atoms with Crippen molar-refractivity contribution >= 4 is 33.0 Å². The van der Waals surface area contributed by atoms with E-state index in [4.69, 9.17) is 11.6 Å². The highest BCUT2D eigenvalue weighted by Gasteiger charge is 2.11. The highest BCUT2D eigenvalue weighted by atomic mass is 35.5. The molecular weight excluding hydrogens is 216 g/mol. The number of rotatable bonds is 2. The molecule has 0 aliphatic carbocycles. The molecule has 2 rings (SSSR count). The van der Waals surface area contributed by atoms with Crippen LogP contribution in [-0.4, -0.2) is 5.11 Å². The summed E-state index contributed by atoms with van der Waals surface area (Å²) in [6, 6.07) is 5.91. The van der Waals surface area contributed by atoms with E-state index in [1.54, 1.807) is 11.3 Å². The van der Waals surface area contributed by atoms with E-state index in [2.05, 4.69) is 13.0 Å². The minimum absolute atomic E-state index is 0.110. The molecule has 74 valence electrons. The van der Waals surface area contributed by atoms with E-state index in [1.165, 1.54) is 10.9 Å². The summed E-state index contributed by atoms with van der Waals surface area (Å²) in [6.07, 6.45) is 0.941. The largest absolute Gasteiger partial charge is 0.391 e. The number of fused-ring (bicyclic) bond motifs is 1. The standard InChI is InChI=1S/C11H11ClOS/c1-2-7-8-4-3-5-9(12)11(8)14-10(7)6-13/h3-5,13H,2,6H2,1H3. The van der Waals surface area contributed by atoms with Crippen molar-refractivity contribution in [2.24, 2.45) is 0 Å². The molecule has 1 aromatic heterocycles. The lowest BCUT2D eigenvalue weighted by Crippen LogP contribution is -1.84. The van der Waals surface area contributed by atoms with Crippen molar-refractivity contribution in [2.45, 2.75) is 20.0 Å². The van der Waals surface area contributed by atoms with Crippen LogP contribution in [0.5, 0.6) is 0 Å². The van der Waals surface area contributed by atoms with Gasteiger partial charge in [-0.3, -0.25) is 0 Å². The van der Waals surface area contributed by atoms with Gasteiger partial charge in [-0.2, -0.15) is 0 Å². The molecule has 1 N–H and O–H groups in total. The Kier molecular flexibility index (Phi) is 2.77. The molecule has 0 saturated heterocycles. The molecule has 0 amide bonds. The number of halogens is 1. The molecule has 0 aliphatic heterocycles. The van der Waals surface area contributed by atoms with E-state index in [-0.39, 0.29) is 6.61 Å². The third-order valence-electron chi connectivity index (χ3n) is 2.35. The second kappa shape index (κ2) is 3.89. The maximum atomic E-state index is 9.21. The number of hydrogen-bond acceptors (Lipinski definition) is 2. The van der Waals surface area contributed by atoms with Crippen LogP contribution in [0.3, 0.4) is 0 Å². The van der Waals surface area contributed by atoms with Crippen molar-refractivity contribution in [3.8, 4) is 0 Å². The average Bonchev–Trinajstić information content (AvgIpc) is 2.57. The fraction of sp³-hybridized carbons (Fsp3) is 0.273. The van der Waals surface area contributed by atoms with Crippen molar-refractivity contribution in [1.82, 2.24) is 0 Å². The lowest BCUT2D eigenvalue weighted by Gasteiger charge is -1.97. The van der Waals surface area contributed by atoms with Gasteiger partial charge in [0.1, 0.15) is 0 Å². The van der Waals surface area contributed by atoms with Gasteiger partial charge in [-0.05, 0) is 23.4 Å². The highest BCUT2D eigenvalue weighted by Crippen LogP contribution is 2.36. The summed E-state index contributed by atoms with van der Waals surface area (Å²) in [7, 11) is 0. The summed E-state index contributed by atoms with van der Waals surface area (Å²) in [5.41, 5.74) is 1.23. The molecule has 0 radical (unpaired) electrons. The summed E-state index contributed by atoms with van der Waals surface area (Å²) < 4.78 is 1.09. The van der Waals surface area contributed by atoms with Gasteiger partial charge >= 0.3 is 0 Å². The third kappa shape index (κ3) is 1.44. The quantitative estimate of drug-likeness (QED) is 0.830. The predicted octanol–water partition coefficient (Wildman–Crippen LogP) is 3.61. The molecule has 1 aromatic carbocycles. The first-order chi connectivity index (χ1) is 6.77. The SMILES string of the molecule is CCc1c(CO)sc2c(Cl)cccc12. The molecule has 1 heterocycles. The Balaban J connectivity index is 2.79. The molecule has 1 nitrogen and oxygen atoms in total. The molecular formula is C11H11ClOS. The van der Waals surface area contributed by atoms with E-state index in [0.717, 1.165) is 21.0 Å². The van der Waals surface area contributed by atoms with Gasteiger partial charge in [0, 0.05) is 4.88 Å². The van der Waals surface area contributed by atoms with Crippen molar-refractivity contribution in [2.75, 3.05) is 0 Å². The van der Waals surface area contributed by atoms with Crippen molar-refractivity contribution in [1.29, 1.82) is 0 Å². The Labute approximate surface area is 91.9 Å². The van der Waals surface area contributed by atoms with Crippen LogP contribution in [-0.2, 0) is 13.0 Å². The molecule has 0 bridgehead atoms. The Hall–Kier alpha value is -0.570. The Bertz CT molecular complexity index is 462. The second-order valence-corrected chi connectivity index (χ2v) is 4.64. The number of benzene rings is 1. The summed E-state index contributed by atoms with van der Waals surface area (Å²) in [4.78, 5) is 1.04. The van der Waals surface area contributed by atoms with Gasteiger partial charge in [-0.25, -0.2) is 0 Å². The molecule has 2 aromatic rings. The number of hydrogen-bond donors (Lipinski definition) is 1. The molecule has 0 spiro atoms. The lowest BCUT2D eigenvalue weighted by molar-refractivity contribution is 0.284. The lowest BCUT2D eigenvalue weighted by atomic mass is 10.1. The Morgan fingerprint density at radius 3 is 2.86 bits per heavy atom. The zero-order valence-corrected chi connectivity index (χ0v) is 9.45. The summed E-state index contributed by atoms with van der Waals surface area (Å²) >= 11 is 7.68. The maximum Gasteiger partial charge on any atom is 0.0777 e. The molecule has 14 heavy (non-hydrogen) atoms. The van der Waals surface area contributed by atoms with Gasteiger partial charge < -0.3 is 5.11 Å². The number of aliphatic hydroxyl groups excluding tert-OH is 1. The fourth-order valence-electron chi connectivity index (χ4n) is 1.70. The average molecular weight is 227 g/mol. The van der Waals surface area contributed by atoms with Crippen LogP contribution in [0.25, 0.3) is 10.1 Å². The first-order valence-corrected chi connectivity index (χ1v) is 5.77. The van der Waals surface area contributed by atoms with Crippen molar-refractivity contribution in [3.05, 3.63) is 33.7 Å². The molecule has 0 atom stereocenters. The predicted molar refractivity (Wildman–Crippen MR) is 62.1 cm³/mol. The first kappa shape index (κ1) is 9.97. The normalized spacial score (nSPS) is 11.1. The van der Waals surface area contributed by atoms with Crippen LogP contribution in [0.2, 0.25) is 5.02 Å². The fourth-order valence-corrected chi connectivity index (χ4v) is 3.15. The minimum atomic E-state index is 0.110. The Morgan fingerprint density at radius 1 is 1.43 bits per heavy atom. The van der Waals surface area contributed by atoms with Gasteiger partial charge in [0.15, 0.2) is 0 Å². The second-order valence-electron chi connectivity index (χ2n) is 3.13. The van der Waals surface area contributed by atoms with Crippen LogP contribution in [0.1, 0.15) is 17.4 Å². The van der Waals surface area contributed by atoms with Gasteiger partial charge in [0.2, 0.25) is 0 Å². The smallest absolute Gasteiger partial charge is 0.0777 e. The zero-order chi connectivity index (χ0) is 10.1. The van der Waals surface area contributed by atoms with Gasteiger partial charge in [-0.15, -0.1) is 11.3 Å². The summed E-state index contributed by atoms with van der Waals surface area (Å²) in [5.74, 6) is 0. The molecule has 0 saturated carbocycles. The van der Waals surface area contributed by atoms with Crippen LogP contribution in [0.4, 0.5) is 0 Å². The van der Waals surface area contributed by atoms with Crippen LogP contribution in [0.15, 0.2) is 18.2 Å². The first-order valence-electron chi connectivity index (χ1n) is 4.57. The van der Waals surface area contributed by atoms with Gasteiger partial charge in [0.05, 0.1) is 16.3 Å². The molecule has 0 fully saturated rings. The molecule has 0 aliphatic rings. The van der Waals surface area contributed by atoms with Gasteiger partial charge in [0.25, 0.3) is 0 Å². The monoisotopic (exact) mass is 226 g/mol. The van der Waals surface area contributed by atoms with Gasteiger partial charge in [-0.1, -0.05) is 30.7 Å². The third-order valence-corrected chi connectivity index (χ3v) is 4.04. The number of aliphatic hydroxyl groups is 1. The summed E-state index contributed by atoms with van der Waals surface area (Å²) in [6.45, 7) is 2.21.